The van der Waals surface area contributed by atoms with Crippen LogP contribution in [0.4, 0.5) is 4.39 Å². The molecule has 0 spiro atoms. The molecule has 0 saturated carbocycles. The van der Waals surface area contributed by atoms with Gasteiger partial charge in [-0.05, 0) is 35.2 Å². The molecule has 1 unspecified atom stereocenters. The lowest BCUT2D eigenvalue weighted by molar-refractivity contribution is 0.568. The number of aromatic nitrogens is 1. The van der Waals surface area contributed by atoms with Gasteiger partial charge in [0.1, 0.15) is 5.82 Å². The predicted molar refractivity (Wildman–Crippen MR) is 81.5 cm³/mol. The number of pyridine rings is 1. The molecular formula is C17H15FN2O. The summed E-state index contributed by atoms with van der Waals surface area (Å²) in [5.41, 5.74) is 7.53. The fraction of sp³-hybridized carbons (Fsp3) is 0.118. The molecule has 0 aliphatic heterocycles. The zero-order valence-electron chi connectivity index (χ0n) is 11.4. The van der Waals surface area contributed by atoms with E-state index in [4.69, 9.17) is 5.73 Å². The second-order valence-electron chi connectivity index (χ2n) is 5.00. The lowest BCUT2D eigenvalue weighted by Gasteiger charge is -2.16. The summed E-state index contributed by atoms with van der Waals surface area (Å²) in [6, 6.07) is 16.7. The summed E-state index contributed by atoms with van der Waals surface area (Å²) in [5, 5.41) is 0.976. The van der Waals surface area contributed by atoms with Crippen LogP contribution in [0.5, 0.6) is 0 Å². The van der Waals surface area contributed by atoms with Crippen LogP contribution in [0.25, 0.3) is 10.9 Å². The smallest absolute Gasteiger partial charge is 0.251 e. The second kappa shape index (κ2) is 5.50. The minimum absolute atomic E-state index is 0.111. The zero-order chi connectivity index (χ0) is 14.8. The Morgan fingerprint density at radius 1 is 1.05 bits per heavy atom. The standard InChI is InChI=1S/C17H15FN2O/c18-14-6-3-5-13(10-14)15(19)11-20-16-7-2-1-4-12(16)8-9-17(20)21/h1-10,15H,11,19H2. The van der Waals surface area contributed by atoms with Crippen LogP contribution >= 0.6 is 0 Å². The highest BCUT2D eigenvalue weighted by Gasteiger charge is 2.10. The molecule has 1 aromatic heterocycles. The van der Waals surface area contributed by atoms with Gasteiger partial charge in [-0.3, -0.25) is 4.79 Å². The van der Waals surface area contributed by atoms with Crippen molar-refractivity contribution in [2.45, 2.75) is 12.6 Å². The predicted octanol–water partition coefficient (Wildman–Crippen LogP) is 2.84. The SMILES string of the molecule is NC(Cn1c(=O)ccc2ccccc21)c1cccc(F)c1. The molecule has 1 atom stereocenters. The third-order valence-electron chi connectivity index (χ3n) is 3.56. The molecular weight excluding hydrogens is 267 g/mol. The lowest BCUT2D eigenvalue weighted by Crippen LogP contribution is -2.26. The molecule has 0 aliphatic carbocycles. The van der Waals surface area contributed by atoms with E-state index in [9.17, 15) is 9.18 Å². The Morgan fingerprint density at radius 2 is 1.86 bits per heavy atom. The summed E-state index contributed by atoms with van der Waals surface area (Å²) < 4.78 is 14.9. The van der Waals surface area contributed by atoms with E-state index in [1.165, 1.54) is 18.2 Å². The summed E-state index contributed by atoms with van der Waals surface area (Å²) >= 11 is 0. The summed E-state index contributed by atoms with van der Waals surface area (Å²) in [6.07, 6.45) is 0. The molecule has 106 valence electrons. The number of nitrogens with two attached hydrogens (primary N) is 1. The van der Waals surface area contributed by atoms with Gasteiger partial charge in [-0.2, -0.15) is 0 Å². The maximum atomic E-state index is 13.3. The Kier molecular flexibility index (Phi) is 3.54. The third-order valence-corrected chi connectivity index (χ3v) is 3.56. The number of para-hydroxylation sites is 1. The van der Waals surface area contributed by atoms with Crippen LogP contribution in [0.3, 0.4) is 0 Å². The molecule has 0 aliphatic rings. The topological polar surface area (TPSA) is 48.0 Å². The molecule has 3 aromatic rings. The zero-order valence-corrected chi connectivity index (χ0v) is 11.4. The average molecular weight is 282 g/mol. The average Bonchev–Trinajstić information content (AvgIpc) is 2.50. The molecule has 2 N–H and O–H groups in total. The van der Waals surface area contributed by atoms with Gasteiger partial charge in [-0.25, -0.2) is 4.39 Å². The first kappa shape index (κ1) is 13.5. The number of rotatable bonds is 3. The number of benzene rings is 2. The third kappa shape index (κ3) is 2.71. The van der Waals surface area contributed by atoms with E-state index in [0.29, 0.717) is 12.1 Å². The van der Waals surface area contributed by atoms with Crippen LogP contribution in [-0.4, -0.2) is 4.57 Å². The van der Waals surface area contributed by atoms with Crippen molar-refractivity contribution in [3.05, 3.63) is 82.4 Å². The van der Waals surface area contributed by atoms with E-state index in [0.717, 1.165) is 10.9 Å². The van der Waals surface area contributed by atoms with Crippen LogP contribution in [0.1, 0.15) is 11.6 Å². The largest absolute Gasteiger partial charge is 0.322 e. The van der Waals surface area contributed by atoms with Gasteiger partial charge in [0.15, 0.2) is 0 Å². The van der Waals surface area contributed by atoms with Crippen molar-refractivity contribution in [1.29, 1.82) is 0 Å². The Hall–Kier alpha value is -2.46. The number of hydrogen-bond donors (Lipinski definition) is 1. The minimum atomic E-state index is -0.441. The van der Waals surface area contributed by atoms with E-state index in [1.807, 2.05) is 24.3 Å². The molecule has 0 radical (unpaired) electrons. The second-order valence-corrected chi connectivity index (χ2v) is 5.00. The Balaban J connectivity index is 2.02. The minimum Gasteiger partial charge on any atom is -0.322 e. The van der Waals surface area contributed by atoms with Gasteiger partial charge in [0.05, 0.1) is 5.52 Å². The Bertz CT molecular complexity index is 841. The first-order valence-electron chi connectivity index (χ1n) is 6.75. The summed E-state index contributed by atoms with van der Waals surface area (Å²) in [6.45, 7) is 0.309. The Morgan fingerprint density at radius 3 is 2.67 bits per heavy atom. The maximum absolute atomic E-state index is 13.3. The van der Waals surface area contributed by atoms with E-state index in [2.05, 4.69) is 0 Å². The first-order chi connectivity index (χ1) is 10.1. The van der Waals surface area contributed by atoms with E-state index < -0.39 is 6.04 Å². The van der Waals surface area contributed by atoms with Gasteiger partial charge >= 0.3 is 0 Å². The van der Waals surface area contributed by atoms with Crippen LogP contribution in [0, 0.1) is 5.82 Å². The van der Waals surface area contributed by atoms with Gasteiger partial charge in [0.2, 0.25) is 0 Å². The van der Waals surface area contributed by atoms with Crippen molar-refractivity contribution in [3.63, 3.8) is 0 Å². The van der Waals surface area contributed by atoms with Crippen LogP contribution in [0.15, 0.2) is 65.5 Å². The summed E-state index contributed by atoms with van der Waals surface area (Å²) in [4.78, 5) is 12.1. The molecule has 21 heavy (non-hydrogen) atoms. The highest BCUT2D eigenvalue weighted by Crippen LogP contribution is 2.17. The molecule has 3 nitrogen and oxygen atoms in total. The molecule has 0 bridgehead atoms. The number of nitrogens with zero attached hydrogens (tertiary/aromatic N) is 1. The summed E-state index contributed by atoms with van der Waals surface area (Å²) in [5.74, 6) is -0.326. The van der Waals surface area contributed by atoms with Crippen molar-refractivity contribution in [2.75, 3.05) is 0 Å². The molecule has 0 fully saturated rings. The normalized spacial score (nSPS) is 12.5. The van der Waals surface area contributed by atoms with Crippen molar-refractivity contribution in [1.82, 2.24) is 4.57 Å². The molecule has 0 saturated heterocycles. The quantitative estimate of drug-likeness (QED) is 0.803. The Labute approximate surface area is 121 Å². The molecule has 1 heterocycles. The number of fused-ring (bicyclic) bond motifs is 1. The van der Waals surface area contributed by atoms with Gasteiger partial charge in [0, 0.05) is 18.7 Å². The van der Waals surface area contributed by atoms with Crippen molar-refractivity contribution in [2.24, 2.45) is 5.73 Å². The van der Waals surface area contributed by atoms with E-state index >= 15 is 0 Å². The lowest BCUT2D eigenvalue weighted by atomic mass is 10.1. The van der Waals surface area contributed by atoms with Gasteiger partial charge in [0.25, 0.3) is 5.56 Å². The number of hydrogen-bond acceptors (Lipinski definition) is 2. The van der Waals surface area contributed by atoms with E-state index in [-0.39, 0.29) is 11.4 Å². The molecule has 3 rings (SSSR count). The van der Waals surface area contributed by atoms with Gasteiger partial charge in [-0.15, -0.1) is 0 Å². The fourth-order valence-corrected chi connectivity index (χ4v) is 2.47. The summed E-state index contributed by atoms with van der Waals surface area (Å²) in [7, 11) is 0. The van der Waals surface area contributed by atoms with Crippen molar-refractivity contribution < 1.29 is 4.39 Å². The van der Waals surface area contributed by atoms with Gasteiger partial charge in [-0.1, -0.05) is 30.3 Å². The number of halogens is 1. The molecule has 0 amide bonds. The molecule has 2 aromatic carbocycles. The highest BCUT2D eigenvalue weighted by molar-refractivity contribution is 5.78. The van der Waals surface area contributed by atoms with Crippen molar-refractivity contribution >= 4 is 10.9 Å². The first-order valence-corrected chi connectivity index (χ1v) is 6.75. The monoisotopic (exact) mass is 282 g/mol. The van der Waals surface area contributed by atoms with Crippen molar-refractivity contribution in [3.8, 4) is 0 Å². The maximum Gasteiger partial charge on any atom is 0.251 e. The van der Waals surface area contributed by atoms with Crippen LogP contribution < -0.4 is 11.3 Å². The fourth-order valence-electron chi connectivity index (χ4n) is 2.47. The van der Waals surface area contributed by atoms with E-state index in [1.54, 1.807) is 22.8 Å². The van der Waals surface area contributed by atoms with Gasteiger partial charge < -0.3 is 10.3 Å². The molecule has 4 heteroatoms. The van der Waals surface area contributed by atoms with Crippen LogP contribution in [0.2, 0.25) is 0 Å². The van der Waals surface area contributed by atoms with Crippen LogP contribution in [-0.2, 0) is 6.54 Å². The highest BCUT2D eigenvalue weighted by atomic mass is 19.1.